The van der Waals surface area contributed by atoms with E-state index < -0.39 is 48.6 Å². The van der Waals surface area contributed by atoms with Gasteiger partial charge in [0.1, 0.15) is 21.5 Å². The van der Waals surface area contributed by atoms with E-state index in [2.05, 4.69) is 10.2 Å². The molecule has 12 heteroatoms. The molecule has 0 heterocycles. The molecule has 0 unspecified atom stereocenters. The van der Waals surface area contributed by atoms with Crippen LogP contribution in [0.2, 0.25) is 0 Å². The minimum atomic E-state index is -5.01. The van der Waals surface area contributed by atoms with Crippen molar-refractivity contribution in [3.05, 3.63) is 54.6 Å². The first-order valence-electron chi connectivity index (χ1n) is 8.20. The number of azo groups is 1. The van der Waals surface area contributed by atoms with Crippen LogP contribution in [-0.2, 0) is 20.0 Å². The number of aliphatic hydroxyl groups excluding tert-OH is 1. The minimum absolute atomic E-state index is 0. The standard InChI is InChI=1S/C18H16N2O7S2.Na/c21-9-10-28(23,24)15-8-4-3-7-14(15)19-20-17-16(29(25,26)27)11-12-5-1-2-6-13(12)18(17)22;/h1-8,11,21-22H,9-10H2,(H,25,26,27);/q;+1/p-1. The Kier molecular flexibility index (Phi) is 7.74. The second kappa shape index (κ2) is 9.52. The number of hydrogen-bond acceptors (Lipinski definition) is 9. The first kappa shape index (κ1) is 24.4. The fraction of sp³-hybridized carbons (Fsp3) is 0.111. The van der Waals surface area contributed by atoms with Gasteiger partial charge >= 0.3 is 29.6 Å². The Morgan fingerprint density at radius 3 is 2.20 bits per heavy atom. The summed E-state index contributed by atoms with van der Waals surface area (Å²) in [6.45, 7) is -0.599. The molecule has 0 atom stereocenters. The van der Waals surface area contributed by atoms with Gasteiger partial charge in [-0.15, -0.1) is 10.2 Å². The second-order valence-electron chi connectivity index (χ2n) is 5.96. The third-order valence-electron chi connectivity index (χ3n) is 4.05. The van der Waals surface area contributed by atoms with Crippen LogP contribution in [0.5, 0.6) is 5.75 Å². The molecule has 3 rings (SSSR count). The van der Waals surface area contributed by atoms with Gasteiger partial charge in [0.15, 0.2) is 15.6 Å². The molecular formula is C18H15N2NaO7S2. The summed E-state index contributed by atoms with van der Waals surface area (Å²) in [4.78, 5) is -1.02. The summed E-state index contributed by atoms with van der Waals surface area (Å²) in [6, 6.07) is 12.8. The quantitative estimate of drug-likeness (QED) is 0.290. The molecule has 0 aliphatic rings. The van der Waals surface area contributed by atoms with E-state index in [4.69, 9.17) is 5.11 Å². The van der Waals surface area contributed by atoms with Crippen molar-refractivity contribution in [2.75, 3.05) is 12.4 Å². The van der Waals surface area contributed by atoms with Crippen molar-refractivity contribution in [3.8, 4) is 5.75 Å². The predicted molar refractivity (Wildman–Crippen MR) is 103 cm³/mol. The average molecular weight is 458 g/mol. The Balaban J connectivity index is 0.00000320. The van der Waals surface area contributed by atoms with Crippen LogP contribution < -0.4 is 29.6 Å². The molecule has 152 valence electrons. The van der Waals surface area contributed by atoms with Gasteiger partial charge in [-0.1, -0.05) is 36.4 Å². The molecule has 30 heavy (non-hydrogen) atoms. The van der Waals surface area contributed by atoms with Crippen molar-refractivity contribution in [2.45, 2.75) is 9.79 Å². The zero-order valence-corrected chi connectivity index (χ0v) is 19.4. The maximum absolute atomic E-state index is 12.3. The Morgan fingerprint density at radius 1 is 0.900 bits per heavy atom. The van der Waals surface area contributed by atoms with Crippen molar-refractivity contribution in [3.63, 3.8) is 0 Å². The molecule has 0 amide bonds. The monoisotopic (exact) mass is 458 g/mol. The zero-order chi connectivity index (χ0) is 21.2. The van der Waals surface area contributed by atoms with Crippen LogP contribution in [0.1, 0.15) is 0 Å². The van der Waals surface area contributed by atoms with Crippen LogP contribution in [0.25, 0.3) is 10.8 Å². The third-order valence-corrected chi connectivity index (χ3v) is 6.63. The van der Waals surface area contributed by atoms with Crippen LogP contribution in [-0.4, -0.2) is 44.0 Å². The van der Waals surface area contributed by atoms with Crippen LogP contribution >= 0.6 is 0 Å². The summed E-state index contributed by atoms with van der Waals surface area (Å²) < 4.78 is 59.6. The van der Waals surface area contributed by atoms with Crippen molar-refractivity contribution < 1.29 is 61.2 Å². The van der Waals surface area contributed by atoms with E-state index in [0.717, 1.165) is 6.07 Å². The second-order valence-corrected chi connectivity index (χ2v) is 9.38. The van der Waals surface area contributed by atoms with Crippen LogP contribution in [0.3, 0.4) is 0 Å². The maximum atomic E-state index is 12.3. The third kappa shape index (κ3) is 5.06. The molecule has 3 aromatic carbocycles. The minimum Gasteiger partial charge on any atom is -0.744 e. The Labute approximate surface area is 195 Å². The summed E-state index contributed by atoms with van der Waals surface area (Å²) in [7, 11) is -8.89. The van der Waals surface area contributed by atoms with Crippen molar-refractivity contribution in [2.24, 2.45) is 10.2 Å². The number of sulfone groups is 1. The molecule has 0 fully saturated rings. The SMILES string of the molecule is O=S(=O)([O-])c1cc2ccccc2c(O)c1N=Nc1ccccc1S(=O)(=O)CCO.[Na+]. The fourth-order valence-electron chi connectivity index (χ4n) is 2.72. The maximum Gasteiger partial charge on any atom is 1.00 e. The molecule has 2 N–H and O–H groups in total. The Bertz CT molecular complexity index is 1320. The van der Waals surface area contributed by atoms with Gasteiger partial charge in [0.25, 0.3) is 0 Å². The van der Waals surface area contributed by atoms with Crippen LogP contribution in [0.15, 0.2) is 74.6 Å². The van der Waals surface area contributed by atoms with Gasteiger partial charge in [0, 0.05) is 5.39 Å². The van der Waals surface area contributed by atoms with E-state index in [9.17, 15) is 26.5 Å². The van der Waals surface area contributed by atoms with Gasteiger partial charge in [0.2, 0.25) is 0 Å². The molecule has 0 saturated carbocycles. The van der Waals surface area contributed by atoms with Crippen molar-refractivity contribution >= 4 is 42.1 Å². The molecule has 0 bridgehead atoms. The summed E-state index contributed by atoms with van der Waals surface area (Å²) in [5.41, 5.74) is -0.726. The van der Waals surface area contributed by atoms with Crippen molar-refractivity contribution in [1.82, 2.24) is 0 Å². The van der Waals surface area contributed by atoms with Gasteiger partial charge in [-0.3, -0.25) is 0 Å². The Morgan fingerprint density at radius 2 is 1.53 bits per heavy atom. The zero-order valence-electron chi connectivity index (χ0n) is 15.8. The Hall–Kier alpha value is -1.86. The van der Waals surface area contributed by atoms with Gasteiger partial charge in [-0.25, -0.2) is 16.8 Å². The number of nitrogens with zero attached hydrogens (tertiary/aromatic N) is 2. The van der Waals surface area contributed by atoms with Crippen molar-refractivity contribution in [1.29, 1.82) is 0 Å². The first-order valence-corrected chi connectivity index (χ1v) is 11.3. The number of aromatic hydroxyl groups is 1. The summed E-state index contributed by atoms with van der Waals surface area (Å²) in [6.07, 6.45) is 0. The van der Waals surface area contributed by atoms with E-state index >= 15 is 0 Å². The van der Waals surface area contributed by atoms with E-state index in [-0.39, 0.29) is 45.5 Å². The summed E-state index contributed by atoms with van der Waals surface area (Å²) in [5, 5.41) is 27.5. The largest absolute Gasteiger partial charge is 1.00 e. The molecule has 0 aromatic heterocycles. The van der Waals surface area contributed by atoms with Crippen LogP contribution in [0.4, 0.5) is 11.4 Å². The van der Waals surface area contributed by atoms with Crippen LogP contribution in [0, 0.1) is 0 Å². The van der Waals surface area contributed by atoms with Gasteiger partial charge in [0.05, 0.1) is 22.2 Å². The summed E-state index contributed by atoms with van der Waals surface area (Å²) >= 11 is 0. The molecule has 0 saturated heterocycles. The number of phenolic OH excluding ortho intramolecular Hbond substituents is 1. The smallest absolute Gasteiger partial charge is 0.744 e. The number of benzene rings is 3. The molecule has 0 radical (unpaired) electrons. The number of hydrogen-bond donors (Lipinski definition) is 2. The number of phenols is 1. The molecule has 0 aliphatic carbocycles. The molecule has 9 nitrogen and oxygen atoms in total. The van der Waals surface area contributed by atoms with E-state index in [1.807, 2.05) is 0 Å². The fourth-order valence-corrected chi connectivity index (χ4v) is 4.54. The van der Waals surface area contributed by atoms with E-state index in [0.29, 0.717) is 5.39 Å². The van der Waals surface area contributed by atoms with Gasteiger partial charge in [-0.2, -0.15) is 0 Å². The van der Waals surface area contributed by atoms with E-state index in [1.54, 1.807) is 12.1 Å². The normalized spacial score (nSPS) is 12.2. The number of rotatable bonds is 6. The molecule has 3 aromatic rings. The van der Waals surface area contributed by atoms with Gasteiger partial charge in [-0.05, 0) is 23.6 Å². The molecule has 0 aliphatic heterocycles. The molecule has 0 spiro atoms. The van der Waals surface area contributed by atoms with E-state index in [1.165, 1.54) is 36.4 Å². The number of fused-ring (bicyclic) bond motifs is 1. The van der Waals surface area contributed by atoms with Gasteiger partial charge < -0.3 is 14.8 Å². The first-order chi connectivity index (χ1) is 13.6. The number of aliphatic hydroxyl groups is 1. The summed E-state index contributed by atoms with van der Waals surface area (Å²) in [5.74, 6) is -1.11. The predicted octanol–water partition coefficient (Wildman–Crippen LogP) is -0.365. The molecular weight excluding hydrogens is 443 g/mol. The average Bonchev–Trinajstić information content (AvgIpc) is 2.66. The topological polar surface area (TPSA) is 157 Å².